The van der Waals surface area contributed by atoms with Crippen LogP contribution in [-0.2, 0) is 5.41 Å². The van der Waals surface area contributed by atoms with E-state index in [0.717, 1.165) is 13.0 Å². The van der Waals surface area contributed by atoms with E-state index in [1.807, 2.05) is 7.05 Å². The van der Waals surface area contributed by atoms with Gasteiger partial charge in [-0.1, -0.05) is 52.3 Å². The molecule has 3 N–H and O–H groups in total. The molecule has 0 fully saturated rings. The first kappa shape index (κ1) is 16.2. The van der Waals surface area contributed by atoms with E-state index in [2.05, 4.69) is 58.1 Å². The van der Waals surface area contributed by atoms with Gasteiger partial charge in [-0.15, -0.1) is 0 Å². The first-order valence-electron chi connectivity index (χ1n) is 7.33. The van der Waals surface area contributed by atoms with Crippen LogP contribution >= 0.6 is 0 Å². The molecule has 108 valence electrons. The van der Waals surface area contributed by atoms with Crippen molar-refractivity contribution in [2.75, 3.05) is 13.6 Å². The van der Waals surface area contributed by atoms with Gasteiger partial charge in [-0.3, -0.25) is 0 Å². The zero-order valence-corrected chi connectivity index (χ0v) is 13.4. The van der Waals surface area contributed by atoms with Crippen LogP contribution in [0.15, 0.2) is 18.2 Å². The van der Waals surface area contributed by atoms with Gasteiger partial charge in [0.05, 0.1) is 0 Å². The third-order valence-corrected chi connectivity index (χ3v) is 4.09. The van der Waals surface area contributed by atoms with Crippen LogP contribution in [0.3, 0.4) is 0 Å². The van der Waals surface area contributed by atoms with Gasteiger partial charge in [0.25, 0.3) is 0 Å². The zero-order valence-electron chi connectivity index (χ0n) is 13.4. The van der Waals surface area contributed by atoms with E-state index in [-0.39, 0.29) is 5.41 Å². The first-order valence-corrected chi connectivity index (χ1v) is 7.33. The van der Waals surface area contributed by atoms with Crippen LogP contribution in [0.1, 0.15) is 56.8 Å². The van der Waals surface area contributed by atoms with Crippen molar-refractivity contribution in [2.45, 2.75) is 52.5 Å². The fourth-order valence-corrected chi connectivity index (χ4v) is 2.63. The lowest BCUT2D eigenvalue weighted by molar-refractivity contribution is 0.376. The van der Waals surface area contributed by atoms with Gasteiger partial charge in [0.1, 0.15) is 0 Å². The maximum absolute atomic E-state index is 5.93. The second kappa shape index (κ2) is 6.53. The van der Waals surface area contributed by atoms with Gasteiger partial charge in [0.2, 0.25) is 0 Å². The maximum Gasteiger partial charge on any atom is 0.0360 e. The number of nitrogens with two attached hydrogens (primary N) is 1. The number of rotatable bonds is 5. The molecule has 0 saturated heterocycles. The molecule has 2 heteroatoms. The minimum Gasteiger partial charge on any atom is -0.330 e. The van der Waals surface area contributed by atoms with Crippen LogP contribution in [-0.4, -0.2) is 13.6 Å². The Bertz CT molecular complexity index is 400. The molecule has 0 bridgehead atoms. The lowest BCUT2D eigenvalue weighted by atomic mass is 9.82. The predicted octanol–water partition coefficient (Wildman–Crippen LogP) is 3.54. The van der Waals surface area contributed by atoms with Crippen LogP contribution in [0.4, 0.5) is 0 Å². The largest absolute Gasteiger partial charge is 0.330 e. The third-order valence-electron chi connectivity index (χ3n) is 4.09. The Balaban J connectivity index is 3.23. The average Bonchev–Trinajstić information content (AvgIpc) is 2.35. The van der Waals surface area contributed by atoms with E-state index in [4.69, 9.17) is 5.73 Å². The highest BCUT2D eigenvalue weighted by molar-refractivity contribution is 5.37. The summed E-state index contributed by atoms with van der Waals surface area (Å²) in [4.78, 5) is 0. The molecule has 0 radical (unpaired) electrons. The molecule has 0 heterocycles. The highest BCUT2D eigenvalue weighted by Gasteiger charge is 2.22. The summed E-state index contributed by atoms with van der Waals surface area (Å²) in [5.74, 6) is 0.485. The van der Waals surface area contributed by atoms with E-state index >= 15 is 0 Å². The van der Waals surface area contributed by atoms with Crippen LogP contribution < -0.4 is 11.1 Å². The number of nitrogens with one attached hydrogen (secondary N) is 1. The van der Waals surface area contributed by atoms with Crippen LogP contribution in [0, 0.1) is 12.8 Å². The zero-order chi connectivity index (χ0) is 14.6. The molecule has 0 spiro atoms. The molecule has 19 heavy (non-hydrogen) atoms. The predicted molar refractivity (Wildman–Crippen MR) is 84.5 cm³/mol. The smallest absolute Gasteiger partial charge is 0.0360 e. The van der Waals surface area contributed by atoms with E-state index in [1.165, 1.54) is 16.7 Å². The standard InChI is InChI=1S/C17H30N2/c1-7-13(11-18)16(19-6)15-10-14(17(3,4)5)9-8-12(15)2/h8-10,13,16,19H,7,11,18H2,1-6H3. The summed E-state index contributed by atoms with van der Waals surface area (Å²) in [5, 5.41) is 3.46. The Hall–Kier alpha value is -0.860. The van der Waals surface area contributed by atoms with Gasteiger partial charge in [-0.2, -0.15) is 0 Å². The highest BCUT2D eigenvalue weighted by atomic mass is 14.9. The topological polar surface area (TPSA) is 38.0 Å². The molecule has 0 aliphatic rings. The second-order valence-electron chi connectivity index (χ2n) is 6.49. The fraction of sp³-hybridized carbons (Fsp3) is 0.647. The van der Waals surface area contributed by atoms with Gasteiger partial charge >= 0.3 is 0 Å². The number of hydrogen-bond acceptors (Lipinski definition) is 2. The first-order chi connectivity index (χ1) is 8.85. The molecule has 0 saturated carbocycles. The van der Waals surface area contributed by atoms with Gasteiger partial charge in [-0.25, -0.2) is 0 Å². The molecule has 2 unspecified atom stereocenters. The molecular formula is C17H30N2. The Morgan fingerprint density at radius 3 is 2.32 bits per heavy atom. The summed E-state index contributed by atoms with van der Waals surface area (Å²) >= 11 is 0. The summed E-state index contributed by atoms with van der Waals surface area (Å²) in [6.07, 6.45) is 1.10. The summed E-state index contributed by atoms with van der Waals surface area (Å²) in [7, 11) is 2.03. The Morgan fingerprint density at radius 1 is 1.26 bits per heavy atom. The SMILES string of the molecule is CCC(CN)C(NC)c1cc(C(C)(C)C)ccc1C. The Morgan fingerprint density at radius 2 is 1.89 bits per heavy atom. The van der Waals surface area contributed by atoms with Crippen LogP contribution in [0.25, 0.3) is 0 Å². The van der Waals surface area contributed by atoms with E-state index in [9.17, 15) is 0 Å². The van der Waals surface area contributed by atoms with Crippen molar-refractivity contribution >= 4 is 0 Å². The molecule has 2 atom stereocenters. The Labute approximate surface area is 118 Å². The molecular weight excluding hydrogens is 232 g/mol. The van der Waals surface area contributed by atoms with Crippen molar-refractivity contribution < 1.29 is 0 Å². The van der Waals surface area contributed by atoms with E-state index in [0.29, 0.717) is 12.0 Å². The summed E-state index contributed by atoms with van der Waals surface area (Å²) in [6.45, 7) is 11.9. The monoisotopic (exact) mass is 262 g/mol. The van der Waals surface area contributed by atoms with Gasteiger partial charge in [-0.05, 0) is 48.5 Å². The molecule has 2 nitrogen and oxygen atoms in total. The van der Waals surface area contributed by atoms with Crippen LogP contribution in [0.2, 0.25) is 0 Å². The number of benzene rings is 1. The third kappa shape index (κ3) is 3.80. The van der Waals surface area contributed by atoms with Crippen molar-refractivity contribution in [3.8, 4) is 0 Å². The average molecular weight is 262 g/mol. The normalized spacial score (nSPS) is 15.3. The number of hydrogen-bond donors (Lipinski definition) is 2. The summed E-state index contributed by atoms with van der Waals surface area (Å²) < 4.78 is 0. The molecule has 0 amide bonds. The van der Waals surface area contributed by atoms with Crippen molar-refractivity contribution in [2.24, 2.45) is 11.7 Å². The quantitative estimate of drug-likeness (QED) is 0.852. The number of aryl methyl sites for hydroxylation is 1. The van der Waals surface area contributed by atoms with E-state index in [1.54, 1.807) is 0 Å². The summed E-state index contributed by atoms with van der Waals surface area (Å²) in [6, 6.07) is 7.19. The van der Waals surface area contributed by atoms with Crippen molar-refractivity contribution in [1.82, 2.24) is 5.32 Å². The Kier molecular flexibility index (Phi) is 5.57. The highest BCUT2D eigenvalue weighted by Crippen LogP contribution is 2.31. The lowest BCUT2D eigenvalue weighted by Gasteiger charge is -2.29. The minimum absolute atomic E-state index is 0.186. The second-order valence-corrected chi connectivity index (χ2v) is 6.49. The molecule has 1 aromatic rings. The van der Waals surface area contributed by atoms with Gasteiger partial charge in [0.15, 0.2) is 0 Å². The molecule has 0 aliphatic heterocycles. The molecule has 1 aromatic carbocycles. The maximum atomic E-state index is 5.93. The molecule has 0 aliphatic carbocycles. The minimum atomic E-state index is 0.186. The van der Waals surface area contributed by atoms with Crippen LogP contribution in [0.5, 0.6) is 0 Å². The molecule has 0 aromatic heterocycles. The fourth-order valence-electron chi connectivity index (χ4n) is 2.63. The van der Waals surface area contributed by atoms with Crippen molar-refractivity contribution in [1.29, 1.82) is 0 Å². The lowest BCUT2D eigenvalue weighted by Crippen LogP contribution is -2.31. The van der Waals surface area contributed by atoms with Gasteiger partial charge in [0, 0.05) is 6.04 Å². The van der Waals surface area contributed by atoms with E-state index < -0.39 is 0 Å². The van der Waals surface area contributed by atoms with Crippen molar-refractivity contribution in [3.63, 3.8) is 0 Å². The molecule has 1 rings (SSSR count). The van der Waals surface area contributed by atoms with Gasteiger partial charge < -0.3 is 11.1 Å². The van der Waals surface area contributed by atoms with Crippen molar-refractivity contribution in [3.05, 3.63) is 34.9 Å². The summed E-state index contributed by atoms with van der Waals surface area (Å²) in [5.41, 5.74) is 10.2.